The third-order valence-corrected chi connectivity index (χ3v) is 3.62. The van der Waals surface area contributed by atoms with Gasteiger partial charge in [0.2, 0.25) is 0 Å². The fourth-order valence-electron chi connectivity index (χ4n) is 2.20. The van der Waals surface area contributed by atoms with Gasteiger partial charge in [-0.3, -0.25) is 0 Å². The zero-order valence-corrected chi connectivity index (χ0v) is 11.6. The zero-order valence-electron chi connectivity index (χ0n) is 10.8. The number of hydrogen-bond acceptors (Lipinski definition) is 2. The lowest BCUT2D eigenvalue weighted by Crippen LogP contribution is -1.95. The fraction of sp³-hybridized carbons (Fsp3) is 0.133. The summed E-state index contributed by atoms with van der Waals surface area (Å²) in [5, 5.41) is 0.713. The smallest absolute Gasteiger partial charge is 0.140 e. The highest BCUT2D eigenvalue weighted by atomic mass is 35.5. The third-order valence-electron chi connectivity index (χ3n) is 3.38. The number of benzene rings is 2. The van der Waals surface area contributed by atoms with E-state index in [1.54, 1.807) is 0 Å². The molecule has 0 fully saturated rings. The van der Waals surface area contributed by atoms with Crippen LogP contribution >= 0.6 is 11.6 Å². The van der Waals surface area contributed by atoms with Crippen LogP contribution in [0.25, 0.3) is 22.4 Å². The average Bonchev–Trinajstić information content (AvgIpc) is 2.70. The van der Waals surface area contributed by atoms with E-state index >= 15 is 0 Å². The molecule has 0 amide bonds. The van der Waals surface area contributed by atoms with Crippen LogP contribution in [0.5, 0.6) is 0 Å². The van der Waals surface area contributed by atoms with Crippen molar-refractivity contribution in [3.05, 3.63) is 47.0 Å². The van der Waals surface area contributed by atoms with Crippen LogP contribution in [0.4, 0.5) is 5.69 Å². The molecule has 4 heteroatoms. The van der Waals surface area contributed by atoms with Crippen molar-refractivity contribution in [2.24, 2.45) is 7.05 Å². The zero-order chi connectivity index (χ0) is 13.6. The second kappa shape index (κ2) is 4.28. The Morgan fingerprint density at radius 1 is 1.16 bits per heavy atom. The van der Waals surface area contributed by atoms with Crippen molar-refractivity contribution in [1.82, 2.24) is 9.55 Å². The third kappa shape index (κ3) is 1.96. The SMILES string of the molecule is Cc1ccc(-c2nc3ccc(Cl)cc3n2C)cc1N. The van der Waals surface area contributed by atoms with Gasteiger partial charge in [0.05, 0.1) is 11.0 Å². The maximum Gasteiger partial charge on any atom is 0.140 e. The van der Waals surface area contributed by atoms with E-state index in [2.05, 4.69) is 4.98 Å². The fourth-order valence-corrected chi connectivity index (χ4v) is 2.37. The second-order valence-corrected chi connectivity index (χ2v) is 5.14. The molecule has 0 saturated heterocycles. The van der Waals surface area contributed by atoms with E-state index in [1.807, 2.05) is 54.9 Å². The van der Waals surface area contributed by atoms with Gasteiger partial charge in [-0.1, -0.05) is 23.7 Å². The molecule has 1 aromatic heterocycles. The van der Waals surface area contributed by atoms with Gasteiger partial charge in [-0.05, 0) is 36.8 Å². The molecule has 0 aliphatic heterocycles. The first-order valence-electron chi connectivity index (χ1n) is 6.05. The first-order chi connectivity index (χ1) is 9.06. The van der Waals surface area contributed by atoms with Gasteiger partial charge in [0.25, 0.3) is 0 Å². The molecule has 0 unspecified atom stereocenters. The molecule has 3 nitrogen and oxygen atoms in total. The van der Waals surface area contributed by atoms with Gasteiger partial charge in [-0.2, -0.15) is 0 Å². The Labute approximate surface area is 116 Å². The van der Waals surface area contributed by atoms with Crippen molar-refractivity contribution in [3.8, 4) is 11.4 Å². The van der Waals surface area contributed by atoms with Crippen molar-refractivity contribution in [3.63, 3.8) is 0 Å². The van der Waals surface area contributed by atoms with Gasteiger partial charge < -0.3 is 10.3 Å². The number of aryl methyl sites for hydroxylation is 2. The van der Waals surface area contributed by atoms with Crippen LogP contribution in [0.1, 0.15) is 5.56 Å². The summed E-state index contributed by atoms with van der Waals surface area (Å²) in [7, 11) is 1.98. The van der Waals surface area contributed by atoms with Crippen LogP contribution in [0.3, 0.4) is 0 Å². The van der Waals surface area contributed by atoms with Crippen LogP contribution in [0.15, 0.2) is 36.4 Å². The number of nitrogens with two attached hydrogens (primary N) is 1. The number of imidazole rings is 1. The van der Waals surface area contributed by atoms with Crippen molar-refractivity contribution < 1.29 is 0 Å². The highest BCUT2D eigenvalue weighted by Crippen LogP contribution is 2.27. The minimum absolute atomic E-state index is 0.713. The number of hydrogen-bond donors (Lipinski definition) is 1. The molecule has 3 rings (SSSR count). The molecule has 0 aliphatic rings. The van der Waals surface area contributed by atoms with E-state index in [4.69, 9.17) is 17.3 Å². The normalized spacial score (nSPS) is 11.1. The van der Waals surface area contributed by atoms with E-state index in [9.17, 15) is 0 Å². The van der Waals surface area contributed by atoms with Gasteiger partial charge in [0.15, 0.2) is 0 Å². The van der Waals surface area contributed by atoms with E-state index in [1.165, 1.54) is 0 Å². The van der Waals surface area contributed by atoms with Crippen molar-refractivity contribution in [2.75, 3.05) is 5.73 Å². The number of rotatable bonds is 1. The Bertz CT molecular complexity index is 774. The summed E-state index contributed by atoms with van der Waals surface area (Å²) in [6.07, 6.45) is 0. The monoisotopic (exact) mass is 271 g/mol. The molecule has 0 radical (unpaired) electrons. The average molecular weight is 272 g/mol. The maximum atomic E-state index is 6.03. The number of halogens is 1. The van der Waals surface area contributed by atoms with E-state index in [0.717, 1.165) is 33.7 Å². The van der Waals surface area contributed by atoms with Crippen molar-refractivity contribution >= 4 is 28.3 Å². The van der Waals surface area contributed by atoms with Gasteiger partial charge in [-0.25, -0.2) is 4.98 Å². The topological polar surface area (TPSA) is 43.8 Å². The highest BCUT2D eigenvalue weighted by molar-refractivity contribution is 6.31. The van der Waals surface area contributed by atoms with Crippen LogP contribution in [0, 0.1) is 6.92 Å². The summed E-state index contributed by atoms with van der Waals surface area (Å²) in [6.45, 7) is 1.99. The Balaban J connectivity index is 2.24. The quantitative estimate of drug-likeness (QED) is 0.685. The lowest BCUT2D eigenvalue weighted by atomic mass is 10.1. The largest absolute Gasteiger partial charge is 0.398 e. The Kier molecular flexibility index (Phi) is 2.72. The van der Waals surface area contributed by atoms with Gasteiger partial charge in [-0.15, -0.1) is 0 Å². The summed E-state index contributed by atoms with van der Waals surface area (Å²) in [5.41, 5.74) is 10.8. The van der Waals surface area contributed by atoms with E-state index < -0.39 is 0 Å². The Morgan fingerprint density at radius 3 is 2.68 bits per heavy atom. The first-order valence-corrected chi connectivity index (χ1v) is 6.42. The molecule has 2 N–H and O–H groups in total. The molecular weight excluding hydrogens is 258 g/mol. The minimum Gasteiger partial charge on any atom is -0.398 e. The van der Waals surface area contributed by atoms with E-state index in [-0.39, 0.29) is 0 Å². The van der Waals surface area contributed by atoms with Crippen LogP contribution in [0.2, 0.25) is 5.02 Å². The molecule has 0 aliphatic carbocycles. The summed E-state index contributed by atoms with van der Waals surface area (Å²) in [5.74, 6) is 0.893. The number of fused-ring (bicyclic) bond motifs is 1. The van der Waals surface area contributed by atoms with E-state index in [0.29, 0.717) is 5.02 Å². The lowest BCUT2D eigenvalue weighted by Gasteiger charge is -2.05. The molecule has 3 aromatic rings. The first kappa shape index (κ1) is 12.1. The summed E-state index contributed by atoms with van der Waals surface area (Å²) >= 11 is 6.03. The summed E-state index contributed by atoms with van der Waals surface area (Å²) in [4.78, 5) is 4.64. The van der Waals surface area contributed by atoms with Crippen LogP contribution in [-0.2, 0) is 7.05 Å². The number of aromatic nitrogens is 2. The lowest BCUT2D eigenvalue weighted by molar-refractivity contribution is 0.959. The molecule has 96 valence electrons. The van der Waals surface area contributed by atoms with Crippen molar-refractivity contribution in [2.45, 2.75) is 6.92 Å². The minimum atomic E-state index is 0.713. The number of nitrogen functional groups attached to an aromatic ring is 1. The van der Waals surface area contributed by atoms with Gasteiger partial charge in [0, 0.05) is 23.3 Å². The van der Waals surface area contributed by atoms with Gasteiger partial charge >= 0.3 is 0 Å². The number of anilines is 1. The molecule has 0 spiro atoms. The number of nitrogens with zero attached hydrogens (tertiary/aromatic N) is 2. The standard InChI is InChI=1S/C15H14ClN3/c1-9-3-4-10(7-12(9)17)15-18-13-6-5-11(16)8-14(13)19(15)2/h3-8H,17H2,1-2H3. The van der Waals surface area contributed by atoms with Crippen LogP contribution in [-0.4, -0.2) is 9.55 Å². The highest BCUT2D eigenvalue weighted by Gasteiger charge is 2.10. The van der Waals surface area contributed by atoms with Gasteiger partial charge in [0.1, 0.15) is 5.82 Å². The predicted octanol–water partition coefficient (Wildman–Crippen LogP) is 3.78. The molecule has 1 heterocycles. The second-order valence-electron chi connectivity index (χ2n) is 4.70. The summed E-state index contributed by atoms with van der Waals surface area (Å²) < 4.78 is 2.03. The molecule has 0 saturated carbocycles. The molecule has 0 atom stereocenters. The van der Waals surface area contributed by atoms with Crippen molar-refractivity contribution in [1.29, 1.82) is 0 Å². The molecule has 2 aromatic carbocycles. The summed E-state index contributed by atoms with van der Waals surface area (Å²) in [6, 6.07) is 11.7. The molecule has 0 bridgehead atoms. The maximum absolute atomic E-state index is 6.03. The Morgan fingerprint density at radius 2 is 1.95 bits per heavy atom. The van der Waals surface area contributed by atoms with Crippen LogP contribution < -0.4 is 5.73 Å². The Hall–Kier alpha value is -2.00. The molecule has 19 heavy (non-hydrogen) atoms. The molecular formula is C15H14ClN3. The predicted molar refractivity (Wildman–Crippen MR) is 80.3 cm³/mol.